The molecule has 5 nitrogen and oxygen atoms in total. The summed E-state index contributed by atoms with van der Waals surface area (Å²) >= 11 is 0. The Balaban J connectivity index is 2.00. The second kappa shape index (κ2) is 4.96. The van der Waals surface area contributed by atoms with Gasteiger partial charge in [-0.3, -0.25) is 9.48 Å². The van der Waals surface area contributed by atoms with Crippen molar-refractivity contribution in [2.75, 3.05) is 5.32 Å². The van der Waals surface area contributed by atoms with Crippen LogP contribution in [0.2, 0.25) is 0 Å². The van der Waals surface area contributed by atoms with Gasteiger partial charge in [0.05, 0.1) is 0 Å². The summed E-state index contributed by atoms with van der Waals surface area (Å²) in [6, 6.07) is 1.92. The highest BCUT2D eigenvalue weighted by atomic mass is 19.3. The van der Waals surface area contributed by atoms with Crippen molar-refractivity contribution < 1.29 is 13.6 Å². The average Bonchev–Trinajstić information content (AvgIpc) is 2.69. The highest BCUT2D eigenvalue weighted by Gasteiger charge is 2.37. The Labute approximate surface area is 109 Å². The number of aromatic nitrogens is 2. The summed E-state index contributed by atoms with van der Waals surface area (Å²) in [6.07, 6.45) is 1.28. The number of hydrogen-bond donors (Lipinski definition) is 1. The van der Waals surface area contributed by atoms with E-state index in [2.05, 4.69) is 10.4 Å². The van der Waals surface area contributed by atoms with Gasteiger partial charge in [-0.2, -0.15) is 10.4 Å². The van der Waals surface area contributed by atoms with E-state index in [1.54, 1.807) is 7.05 Å². The molecule has 1 aromatic rings. The molecule has 0 saturated heterocycles. The largest absolute Gasteiger partial charge is 0.308 e. The predicted molar refractivity (Wildman–Crippen MR) is 63.5 cm³/mol. The first-order valence-corrected chi connectivity index (χ1v) is 6.04. The van der Waals surface area contributed by atoms with Crippen LogP contribution in [0.15, 0.2) is 6.20 Å². The standard InChI is InChI=1S/C12H14F2N4O/c1-18-7-9(6-15)10(17-18)16-11(19)8-2-4-12(13,14)5-3-8/h7-8H,2-5H2,1H3,(H,16,17,19). The van der Waals surface area contributed by atoms with E-state index in [0.717, 1.165) is 0 Å². The summed E-state index contributed by atoms with van der Waals surface area (Å²) in [4.78, 5) is 11.9. The molecule has 1 saturated carbocycles. The number of aryl methyl sites for hydroxylation is 1. The van der Waals surface area contributed by atoms with Crippen LogP contribution < -0.4 is 5.32 Å². The lowest BCUT2D eigenvalue weighted by atomic mass is 9.86. The molecule has 0 radical (unpaired) electrons. The van der Waals surface area contributed by atoms with E-state index in [4.69, 9.17) is 5.26 Å². The van der Waals surface area contributed by atoms with Crippen LogP contribution in [0.5, 0.6) is 0 Å². The fraction of sp³-hybridized carbons (Fsp3) is 0.583. The third-order valence-electron chi connectivity index (χ3n) is 3.28. The molecule has 0 aromatic carbocycles. The first kappa shape index (κ1) is 13.5. The van der Waals surface area contributed by atoms with Crippen LogP contribution in [0, 0.1) is 17.2 Å². The molecule has 2 rings (SSSR count). The lowest BCUT2D eigenvalue weighted by molar-refractivity contribution is -0.124. The van der Waals surface area contributed by atoms with Crippen molar-refractivity contribution >= 4 is 11.7 Å². The predicted octanol–water partition coefficient (Wildman–Crippen LogP) is 2.06. The average molecular weight is 268 g/mol. The number of alkyl halides is 2. The Bertz CT molecular complexity index is 522. The van der Waals surface area contributed by atoms with Crippen LogP contribution in [0.25, 0.3) is 0 Å². The Morgan fingerprint density at radius 1 is 1.58 bits per heavy atom. The van der Waals surface area contributed by atoms with E-state index in [9.17, 15) is 13.6 Å². The van der Waals surface area contributed by atoms with Gasteiger partial charge in [-0.25, -0.2) is 8.78 Å². The van der Waals surface area contributed by atoms with Crippen LogP contribution in [-0.4, -0.2) is 21.6 Å². The Morgan fingerprint density at radius 2 is 2.21 bits per heavy atom. The van der Waals surface area contributed by atoms with Gasteiger partial charge >= 0.3 is 0 Å². The molecule has 7 heteroatoms. The normalized spacial score (nSPS) is 18.8. The Kier molecular flexibility index (Phi) is 3.51. The molecule has 1 aliphatic carbocycles. The molecule has 0 spiro atoms. The van der Waals surface area contributed by atoms with Crippen LogP contribution in [0.4, 0.5) is 14.6 Å². The van der Waals surface area contributed by atoms with Crippen molar-refractivity contribution in [2.45, 2.75) is 31.6 Å². The van der Waals surface area contributed by atoms with Crippen molar-refractivity contribution in [3.63, 3.8) is 0 Å². The van der Waals surface area contributed by atoms with Crippen molar-refractivity contribution in [1.29, 1.82) is 5.26 Å². The van der Waals surface area contributed by atoms with Crippen molar-refractivity contribution in [1.82, 2.24) is 9.78 Å². The van der Waals surface area contributed by atoms with E-state index in [1.807, 2.05) is 6.07 Å². The Hall–Kier alpha value is -1.97. The molecule has 0 aliphatic heterocycles. The van der Waals surface area contributed by atoms with Crippen LogP contribution in [-0.2, 0) is 11.8 Å². The van der Waals surface area contributed by atoms with E-state index < -0.39 is 11.8 Å². The second-order valence-corrected chi connectivity index (χ2v) is 4.80. The number of halogens is 2. The molecular formula is C12H14F2N4O. The van der Waals surface area contributed by atoms with E-state index in [1.165, 1.54) is 10.9 Å². The molecular weight excluding hydrogens is 254 g/mol. The fourth-order valence-corrected chi connectivity index (χ4v) is 2.18. The zero-order chi connectivity index (χ0) is 14.0. The zero-order valence-electron chi connectivity index (χ0n) is 10.5. The van der Waals surface area contributed by atoms with E-state index in [0.29, 0.717) is 0 Å². The third-order valence-corrected chi connectivity index (χ3v) is 3.28. The van der Waals surface area contributed by atoms with E-state index in [-0.39, 0.29) is 43.0 Å². The number of carbonyl (C=O) groups excluding carboxylic acids is 1. The Morgan fingerprint density at radius 3 is 2.79 bits per heavy atom. The first-order chi connectivity index (χ1) is 8.91. The number of carbonyl (C=O) groups is 1. The molecule has 102 valence electrons. The fourth-order valence-electron chi connectivity index (χ4n) is 2.18. The van der Waals surface area contributed by atoms with Gasteiger partial charge in [0.15, 0.2) is 5.82 Å². The van der Waals surface area contributed by atoms with Gasteiger partial charge in [0.2, 0.25) is 11.8 Å². The van der Waals surface area contributed by atoms with Gasteiger partial charge in [0.25, 0.3) is 0 Å². The highest BCUT2D eigenvalue weighted by molar-refractivity contribution is 5.92. The van der Waals surface area contributed by atoms with Gasteiger partial charge in [-0.05, 0) is 12.8 Å². The quantitative estimate of drug-likeness (QED) is 0.892. The minimum atomic E-state index is -2.65. The minimum absolute atomic E-state index is 0.160. The van der Waals surface area contributed by atoms with Crippen LogP contribution in [0.3, 0.4) is 0 Å². The van der Waals surface area contributed by atoms with Gasteiger partial charge in [-0.1, -0.05) is 0 Å². The molecule has 1 fully saturated rings. The maximum Gasteiger partial charge on any atom is 0.248 e. The molecule has 0 atom stereocenters. The van der Waals surface area contributed by atoms with Gasteiger partial charge < -0.3 is 5.32 Å². The van der Waals surface area contributed by atoms with Gasteiger partial charge in [0.1, 0.15) is 11.6 Å². The molecule has 0 bridgehead atoms. The van der Waals surface area contributed by atoms with Crippen molar-refractivity contribution in [2.24, 2.45) is 13.0 Å². The lowest BCUT2D eigenvalue weighted by Crippen LogP contribution is -2.32. The summed E-state index contributed by atoms with van der Waals surface area (Å²) in [5, 5.41) is 15.4. The maximum absolute atomic E-state index is 13.0. The maximum atomic E-state index is 13.0. The second-order valence-electron chi connectivity index (χ2n) is 4.80. The zero-order valence-corrected chi connectivity index (χ0v) is 10.5. The number of nitrogens with zero attached hydrogens (tertiary/aromatic N) is 3. The molecule has 0 unspecified atom stereocenters. The third kappa shape index (κ3) is 3.08. The SMILES string of the molecule is Cn1cc(C#N)c(NC(=O)C2CCC(F)(F)CC2)n1. The van der Waals surface area contributed by atoms with E-state index >= 15 is 0 Å². The summed E-state index contributed by atoms with van der Waals surface area (Å²) in [5.41, 5.74) is 0.261. The van der Waals surface area contributed by atoms with Crippen molar-refractivity contribution in [3.05, 3.63) is 11.8 Å². The molecule has 1 aromatic heterocycles. The molecule has 1 heterocycles. The van der Waals surface area contributed by atoms with Crippen LogP contribution in [0.1, 0.15) is 31.2 Å². The summed E-state index contributed by atoms with van der Waals surface area (Å²) in [5.74, 6) is -3.24. The number of anilines is 1. The number of hydrogen-bond acceptors (Lipinski definition) is 3. The summed E-state index contributed by atoms with van der Waals surface area (Å²) in [7, 11) is 1.64. The summed E-state index contributed by atoms with van der Waals surface area (Å²) < 4.78 is 27.4. The number of nitrogens with one attached hydrogen (secondary N) is 1. The number of rotatable bonds is 2. The smallest absolute Gasteiger partial charge is 0.248 e. The monoisotopic (exact) mass is 268 g/mol. The number of nitriles is 1. The molecule has 1 aliphatic rings. The minimum Gasteiger partial charge on any atom is -0.308 e. The van der Waals surface area contributed by atoms with Crippen molar-refractivity contribution in [3.8, 4) is 6.07 Å². The highest BCUT2D eigenvalue weighted by Crippen LogP contribution is 2.36. The molecule has 19 heavy (non-hydrogen) atoms. The lowest BCUT2D eigenvalue weighted by Gasteiger charge is -2.27. The molecule has 1 N–H and O–H groups in total. The number of amides is 1. The topological polar surface area (TPSA) is 70.7 Å². The summed E-state index contributed by atoms with van der Waals surface area (Å²) in [6.45, 7) is 0. The van der Waals surface area contributed by atoms with Gasteiger partial charge in [0, 0.05) is 32.0 Å². The molecule has 1 amide bonds. The van der Waals surface area contributed by atoms with Gasteiger partial charge in [-0.15, -0.1) is 0 Å². The first-order valence-electron chi connectivity index (χ1n) is 6.04. The van der Waals surface area contributed by atoms with Crippen LogP contribution >= 0.6 is 0 Å².